The molecule has 130 valence electrons. The number of amides is 1. The zero-order chi connectivity index (χ0) is 18.4. The topological polar surface area (TPSA) is 59.8 Å². The van der Waals surface area contributed by atoms with Crippen molar-refractivity contribution in [3.8, 4) is 0 Å². The van der Waals surface area contributed by atoms with Gasteiger partial charge in [-0.05, 0) is 59.7 Å². The van der Waals surface area contributed by atoms with E-state index in [1.807, 2.05) is 55.8 Å². The van der Waals surface area contributed by atoms with Gasteiger partial charge < -0.3 is 5.32 Å². The number of carbonyl (C=O) groups is 1. The molecule has 0 radical (unpaired) electrons. The van der Waals surface area contributed by atoms with Crippen LogP contribution in [0.2, 0.25) is 0 Å². The number of pyridine rings is 1. The highest BCUT2D eigenvalue weighted by atomic mass is 16.1. The van der Waals surface area contributed by atoms with Crippen molar-refractivity contribution in [3.63, 3.8) is 0 Å². The van der Waals surface area contributed by atoms with Crippen molar-refractivity contribution in [3.05, 3.63) is 52.8 Å². The molecule has 25 heavy (non-hydrogen) atoms. The van der Waals surface area contributed by atoms with E-state index in [9.17, 15) is 4.79 Å². The summed E-state index contributed by atoms with van der Waals surface area (Å²) in [6.07, 6.45) is 0. The first-order chi connectivity index (χ1) is 11.6. The van der Waals surface area contributed by atoms with Gasteiger partial charge >= 0.3 is 0 Å². The van der Waals surface area contributed by atoms with Gasteiger partial charge in [0.1, 0.15) is 5.82 Å². The molecule has 5 heteroatoms. The van der Waals surface area contributed by atoms with Crippen LogP contribution >= 0.6 is 0 Å². The second-order valence-electron chi connectivity index (χ2n) is 7.54. The van der Waals surface area contributed by atoms with Gasteiger partial charge in [0.05, 0.1) is 22.3 Å². The number of aryl methyl sites for hydroxylation is 3. The minimum absolute atomic E-state index is 0.147. The van der Waals surface area contributed by atoms with Crippen LogP contribution < -0.4 is 5.32 Å². The first-order valence-electron chi connectivity index (χ1n) is 8.41. The summed E-state index contributed by atoms with van der Waals surface area (Å²) in [6.45, 7) is 12.0. The molecule has 0 atom stereocenters. The Labute approximate surface area is 148 Å². The lowest BCUT2D eigenvalue weighted by Crippen LogP contribution is -2.27. The number of anilines is 1. The van der Waals surface area contributed by atoms with E-state index in [1.165, 1.54) is 0 Å². The Morgan fingerprint density at radius 2 is 1.76 bits per heavy atom. The Morgan fingerprint density at radius 1 is 1.04 bits per heavy atom. The summed E-state index contributed by atoms with van der Waals surface area (Å²) in [5.41, 5.74) is 4.03. The maximum Gasteiger partial charge on any atom is 0.257 e. The van der Waals surface area contributed by atoms with E-state index >= 15 is 0 Å². The van der Waals surface area contributed by atoms with Crippen LogP contribution in [-0.4, -0.2) is 20.7 Å². The summed E-state index contributed by atoms with van der Waals surface area (Å²) in [7, 11) is 0. The van der Waals surface area contributed by atoms with Crippen LogP contribution in [0.3, 0.4) is 0 Å². The third kappa shape index (κ3) is 3.40. The number of rotatable bonds is 2. The SMILES string of the molecule is Cc1ccc2nc(C)cc(C(=O)Nc3cc(C)nn3C(C)(C)C)c2c1. The summed E-state index contributed by atoms with van der Waals surface area (Å²) >= 11 is 0. The average Bonchev–Trinajstić information content (AvgIpc) is 2.87. The third-order valence-electron chi connectivity index (χ3n) is 4.05. The quantitative estimate of drug-likeness (QED) is 0.756. The first kappa shape index (κ1) is 17.1. The molecule has 3 aromatic rings. The number of hydrogen-bond acceptors (Lipinski definition) is 3. The van der Waals surface area contributed by atoms with Crippen molar-refractivity contribution in [1.29, 1.82) is 0 Å². The number of fused-ring (bicyclic) bond motifs is 1. The predicted octanol–water partition coefficient (Wildman–Crippen LogP) is 4.36. The summed E-state index contributed by atoms with van der Waals surface area (Å²) in [5.74, 6) is 0.553. The van der Waals surface area contributed by atoms with Crippen LogP contribution in [-0.2, 0) is 5.54 Å². The van der Waals surface area contributed by atoms with Crippen LogP contribution in [0.1, 0.15) is 48.1 Å². The van der Waals surface area contributed by atoms with Crippen molar-refractivity contribution >= 4 is 22.6 Å². The third-order valence-corrected chi connectivity index (χ3v) is 4.05. The molecule has 0 saturated heterocycles. The maximum atomic E-state index is 13.0. The molecular weight excluding hydrogens is 312 g/mol. The van der Waals surface area contributed by atoms with Crippen LogP contribution in [0, 0.1) is 20.8 Å². The highest BCUT2D eigenvalue weighted by Gasteiger charge is 2.21. The van der Waals surface area contributed by atoms with Crippen molar-refractivity contribution < 1.29 is 4.79 Å². The van der Waals surface area contributed by atoms with Crippen molar-refractivity contribution in [1.82, 2.24) is 14.8 Å². The Hall–Kier alpha value is -2.69. The Balaban J connectivity index is 2.06. The monoisotopic (exact) mass is 336 g/mol. The second kappa shape index (κ2) is 5.99. The van der Waals surface area contributed by atoms with Crippen LogP contribution in [0.5, 0.6) is 0 Å². The smallest absolute Gasteiger partial charge is 0.257 e. The van der Waals surface area contributed by atoms with Crippen LogP contribution in [0.15, 0.2) is 30.3 Å². The Bertz CT molecular complexity index is 964. The molecule has 0 spiro atoms. The maximum absolute atomic E-state index is 13.0. The van der Waals surface area contributed by atoms with Crippen LogP contribution in [0.25, 0.3) is 10.9 Å². The van der Waals surface area contributed by atoms with Crippen LogP contribution in [0.4, 0.5) is 5.82 Å². The molecule has 2 aromatic heterocycles. The lowest BCUT2D eigenvalue weighted by molar-refractivity contribution is 0.102. The number of nitrogens with zero attached hydrogens (tertiary/aromatic N) is 3. The minimum Gasteiger partial charge on any atom is -0.307 e. The van der Waals surface area contributed by atoms with E-state index in [2.05, 4.69) is 36.2 Å². The molecule has 0 bridgehead atoms. The van der Waals surface area contributed by atoms with Gasteiger partial charge in [-0.3, -0.25) is 9.78 Å². The van der Waals surface area contributed by atoms with Gasteiger partial charge in [0.25, 0.3) is 5.91 Å². The molecule has 1 N–H and O–H groups in total. The molecule has 0 saturated carbocycles. The first-order valence-corrected chi connectivity index (χ1v) is 8.41. The summed E-state index contributed by atoms with van der Waals surface area (Å²) < 4.78 is 1.85. The number of hydrogen-bond donors (Lipinski definition) is 1. The lowest BCUT2D eigenvalue weighted by atomic mass is 10.0. The number of aromatic nitrogens is 3. The number of carbonyl (C=O) groups excluding carboxylic acids is 1. The van der Waals surface area contributed by atoms with E-state index in [1.54, 1.807) is 0 Å². The molecule has 0 aliphatic heterocycles. The molecular formula is C20H24N4O. The molecule has 2 heterocycles. The summed E-state index contributed by atoms with van der Waals surface area (Å²) in [4.78, 5) is 17.5. The number of benzene rings is 1. The summed E-state index contributed by atoms with van der Waals surface area (Å²) in [5, 5.41) is 8.40. The van der Waals surface area contributed by atoms with Gasteiger partial charge in [-0.1, -0.05) is 11.6 Å². The highest BCUT2D eigenvalue weighted by Crippen LogP contribution is 2.24. The fourth-order valence-corrected chi connectivity index (χ4v) is 2.94. The van der Waals surface area contributed by atoms with Crippen molar-refractivity contribution in [2.45, 2.75) is 47.1 Å². The normalized spacial score (nSPS) is 11.8. The molecule has 3 rings (SSSR count). The zero-order valence-electron chi connectivity index (χ0n) is 15.6. The van der Waals surface area contributed by atoms with Gasteiger partial charge in [0.2, 0.25) is 0 Å². The largest absolute Gasteiger partial charge is 0.307 e. The second-order valence-corrected chi connectivity index (χ2v) is 7.54. The van der Waals surface area contributed by atoms with E-state index in [-0.39, 0.29) is 11.4 Å². The fourth-order valence-electron chi connectivity index (χ4n) is 2.94. The van der Waals surface area contributed by atoms with E-state index in [0.717, 1.165) is 27.9 Å². The molecule has 0 aliphatic rings. The summed E-state index contributed by atoms with van der Waals surface area (Å²) in [6, 6.07) is 9.70. The molecule has 5 nitrogen and oxygen atoms in total. The van der Waals surface area contributed by atoms with Gasteiger partial charge in [0, 0.05) is 17.1 Å². The fraction of sp³-hybridized carbons (Fsp3) is 0.350. The molecule has 0 unspecified atom stereocenters. The van der Waals surface area contributed by atoms with E-state index < -0.39 is 0 Å². The molecule has 1 amide bonds. The van der Waals surface area contributed by atoms with E-state index in [0.29, 0.717) is 11.4 Å². The van der Waals surface area contributed by atoms with E-state index in [4.69, 9.17) is 0 Å². The highest BCUT2D eigenvalue weighted by molar-refractivity contribution is 6.12. The molecule has 0 aliphatic carbocycles. The van der Waals surface area contributed by atoms with Crippen molar-refractivity contribution in [2.24, 2.45) is 0 Å². The zero-order valence-corrected chi connectivity index (χ0v) is 15.6. The van der Waals surface area contributed by atoms with Crippen molar-refractivity contribution in [2.75, 3.05) is 5.32 Å². The predicted molar refractivity (Wildman–Crippen MR) is 101 cm³/mol. The molecule has 1 aromatic carbocycles. The minimum atomic E-state index is -0.219. The lowest BCUT2D eigenvalue weighted by Gasteiger charge is -2.22. The Morgan fingerprint density at radius 3 is 2.44 bits per heavy atom. The van der Waals surface area contributed by atoms with Gasteiger partial charge in [-0.2, -0.15) is 5.10 Å². The average molecular weight is 336 g/mol. The molecule has 0 fully saturated rings. The van der Waals surface area contributed by atoms with Gasteiger partial charge in [0.15, 0.2) is 0 Å². The number of nitrogens with one attached hydrogen (secondary N) is 1. The van der Waals surface area contributed by atoms with Gasteiger partial charge in [-0.25, -0.2) is 4.68 Å². The van der Waals surface area contributed by atoms with Gasteiger partial charge in [-0.15, -0.1) is 0 Å². The standard InChI is InChI=1S/C20H24N4O/c1-12-7-8-17-15(9-12)16(10-13(2)21-17)19(25)22-18-11-14(3)23-24(18)20(4,5)6/h7-11H,1-6H3,(H,22,25). The Kier molecular flexibility index (Phi) is 4.11.